The number of aromatic nitrogens is 1. The minimum absolute atomic E-state index is 0.145. The van der Waals surface area contributed by atoms with Crippen LogP contribution in [0, 0.1) is 20.8 Å². The number of hydrogen-bond donors (Lipinski definition) is 0. The monoisotopic (exact) mass is 165 g/mol. The Labute approximate surface area is 73.2 Å². The predicted octanol–water partition coefficient (Wildman–Crippen LogP) is 2.15. The second kappa shape index (κ2) is 2.77. The Hall–Kier alpha value is -1.05. The second-order valence-corrected chi connectivity index (χ2v) is 3.30. The van der Waals surface area contributed by atoms with Crippen molar-refractivity contribution >= 4 is 5.78 Å². The zero-order valence-electron chi connectivity index (χ0n) is 8.36. The molecule has 2 nitrogen and oxygen atoms in total. The standard InChI is InChI=1S/C10H15NO/c1-6-7(2)10(9(4)12)11(5)8(6)3/h1-5H3. The van der Waals surface area contributed by atoms with Gasteiger partial charge in [-0.3, -0.25) is 4.79 Å². The average Bonchev–Trinajstić information content (AvgIpc) is 2.16. The Kier molecular flexibility index (Phi) is 2.09. The fourth-order valence-electron chi connectivity index (χ4n) is 1.62. The van der Waals surface area contributed by atoms with Gasteiger partial charge in [0.1, 0.15) is 0 Å². The van der Waals surface area contributed by atoms with Crippen LogP contribution in [0.5, 0.6) is 0 Å². The Bertz CT molecular complexity index is 309. The van der Waals surface area contributed by atoms with E-state index in [1.165, 1.54) is 11.3 Å². The van der Waals surface area contributed by atoms with E-state index in [0.717, 1.165) is 11.3 Å². The molecule has 0 aliphatic heterocycles. The molecule has 0 saturated heterocycles. The highest BCUT2D eigenvalue weighted by atomic mass is 16.1. The van der Waals surface area contributed by atoms with E-state index in [2.05, 4.69) is 6.92 Å². The van der Waals surface area contributed by atoms with Crippen molar-refractivity contribution in [2.24, 2.45) is 7.05 Å². The van der Waals surface area contributed by atoms with Gasteiger partial charge in [0.05, 0.1) is 5.69 Å². The summed E-state index contributed by atoms with van der Waals surface area (Å²) in [6.07, 6.45) is 0. The summed E-state index contributed by atoms with van der Waals surface area (Å²) >= 11 is 0. The van der Waals surface area contributed by atoms with Crippen LogP contribution in [0.3, 0.4) is 0 Å². The van der Waals surface area contributed by atoms with Gasteiger partial charge in [-0.1, -0.05) is 0 Å². The predicted molar refractivity (Wildman–Crippen MR) is 49.6 cm³/mol. The van der Waals surface area contributed by atoms with Crippen molar-refractivity contribution in [3.05, 3.63) is 22.5 Å². The lowest BCUT2D eigenvalue weighted by Gasteiger charge is -2.00. The van der Waals surface area contributed by atoms with Gasteiger partial charge in [0.2, 0.25) is 0 Å². The van der Waals surface area contributed by atoms with Crippen molar-refractivity contribution in [1.29, 1.82) is 0 Å². The van der Waals surface area contributed by atoms with Crippen LogP contribution in [0.15, 0.2) is 0 Å². The van der Waals surface area contributed by atoms with Gasteiger partial charge in [0.25, 0.3) is 0 Å². The van der Waals surface area contributed by atoms with Gasteiger partial charge in [-0.15, -0.1) is 0 Å². The molecule has 1 aromatic heterocycles. The molecule has 1 rings (SSSR count). The summed E-state index contributed by atoms with van der Waals surface area (Å²) in [6, 6.07) is 0. The molecule has 0 saturated carbocycles. The SMILES string of the molecule is CC(=O)c1c(C)c(C)c(C)n1C. The van der Waals surface area contributed by atoms with Crippen molar-refractivity contribution in [2.75, 3.05) is 0 Å². The molecule has 0 atom stereocenters. The first-order valence-electron chi connectivity index (χ1n) is 4.10. The van der Waals surface area contributed by atoms with Crippen molar-refractivity contribution < 1.29 is 4.79 Å². The summed E-state index contributed by atoms with van der Waals surface area (Å²) in [5.41, 5.74) is 4.35. The van der Waals surface area contributed by atoms with Crippen LogP contribution in [0.1, 0.15) is 34.2 Å². The van der Waals surface area contributed by atoms with Crippen molar-refractivity contribution in [3.63, 3.8) is 0 Å². The Morgan fingerprint density at radius 3 is 1.83 bits per heavy atom. The lowest BCUT2D eigenvalue weighted by molar-refractivity contribution is 0.100. The number of carbonyl (C=O) groups excluding carboxylic acids is 1. The summed E-state index contributed by atoms with van der Waals surface area (Å²) in [4.78, 5) is 11.2. The van der Waals surface area contributed by atoms with E-state index in [-0.39, 0.29) is 5.78 Å². The fourth-order valence-corrected chi connectivity index (χ4v) is 1.62. The van der Waals surface area contributed by atoms with Crippen LogP contribution >= 0.6 is 0 Å². The molecule has 0 unspecified atom stereocenters. The molecule has 0 amide bonds. The quantitative estimate of drug-likeness (QED) is 0.584. The molecule has 66 valence electrons. The molecule has 0 spiro atoms. The van der Waals surface area contributed by atoms with Crippen molar-refractivity contribution in [2.45, 2.75) is 27.7 Å². The normalized spacial score (nSPS) is 10.4. The molecule has 0 radical (unpaired) electrons. The highest BCUT2D eigenvalue weighted by molar-refractivity contribution is 5.94. The lowest BCUT2D eigenvalue weighted by atomic mass is 10.1. The third kappa shape index (κ3) is 1.07. The first kappa shape index (κ1) is 9.04. The minimum atomic E-state index is 0.145. The summed E-state index contributed by atoms with van der Waals surface area (Å²) in [5, 5.41) is 0. The zero-order chi connectivity index (χ0) is 9.46. The molecule has 0 aromatic carbocycles. The molecular formula is C10H15NO. The highest BCUT2D eigenvalue weighted by Crippen LogP contribution is 2.19. The Morgan fingerprint density at radius 1 is 1.17 bits per heavy atom. The van der Waals surface area contributed by atoms with Gasteiger partial charge in [-0.2, -0.15) is 0 Å². The molecule has 1 aromatic rings. The molecule has 2 heteroatoms. The maximum absolute atomic E-state index is 11.2. The van der Waals surface area contributed by atoms with Gasteiger partial charge in [0.15, 0.2) is 5.78 Å². The van der Waals surface area contributed by atoms with Crippen LogP contribution in [-0.2, 0) is 7.05 Å². The van der Waals surface area contributed by atoms with Gasteiger partial charge in [-0.25, -0.2) is 0 Å². The van der Waals surface area contributed by atoms with Gasteiger partial charge >= 0.3 is 0 Å². The van der Waals surface area contributed by atoms with Gasteiger partial charge in [-0.05, 0) is 31.9 Å². The molecule has 12 heavy (non-hydrogen) atoms. The van der Waals surface area contributed by atoms with E-state index in [1.807, 2.05) is 25.5 Å². The summed E-state index contributed by atoms with van der Waals surface area (Å²) < 4.78 is 1.97. The van der Waals surface area contributed by atoms with Crippen molar-refractivity contribution in [1.82, 2.24) is 4.57 Å². The topological polar surface area (TPSA) is 22.0 Å². The number of carbonyl (C=O) groups is 1. The van der Waals surface area contributed by atoms with E-state index in [4.69, 9.17) is 0 Å². The number of Topliss-reactive ketones (excluding diaryl/α,β-unsaturated/α-hetero) is 1. The highest BCUT2D eigenvalue weighted by Gasteiger charge is 2.14. The molecule has 0 bridgehead atoms. The van der Waals surface area contributed by atoms with E-state index in [1.54, 1.807) is 6.92 Å². The fraction of sp³-hybridized carbons (Fsp3) is 0.500. The first-order valence-corrected chi connectivity index (χ1v) is 4.10. The Morgan fingerprint density at radius 2 is 1.67 bits per heavy atom. The van der Waals surface area contributed by atoms with Crippen LogP contribution < -0.4 is 0 Å². The van der Waals surface area contributed by atoms with Crippen LogP contribution in [-0.4, -0.2) is 10.4 Å². The van der Waals surface area contributed by atoms with Gasteiger partial charge in [0, 0.05) is 19.7 Å². The van der Waals surface area contributed by atoms with E-state index < -0.39 is 0 Å². The number of ketones is 1. The largest absolute Gasteiger partial charge is 0.345 e. The third-order valence-corrected chi connectivity index (χ3v) is 2.63. The molecule has 0 aliphatic carbocycles. The van der Waals surface area contributed by atoms with Crippen LogP contribution in [0.25, 0.3) is 0 Å². The van der Waals surface area contributed by atoms with Gasteiger partial charge < -0.3 is 4.57 Å². The summed E-state index contributed by atoms with van der Waals surface area (Å²) in [7, 11) is 1.94. The average molecular weight is 165 g/mol. The minimum Gasteiger partial charge on any atom is -0.345 e. The van der Waals surface area contributed by atoms with E-state index in [0.29, 0.717) is 0 Å². The molecular weight excluding hydrogens is 150 g/mol. The maximum Gasteiger partial charge on any atom is 0.176 e. The molecule has 0 N–H and O–H groups in total. The number of rotatable bonds is 1. The van der Waals surface area contributed by atoms with E-state index >= 15 is 0 Å². The first-order chi connectivity index (χ1) is 5.46. The Balaban J connectivity index is 3.48. The number of hydrogen-bond acceptors (Lipinski definition) is 1. The zero-order valence-corrected chi connectivity index (χ0v) is 8.36. The summed E-state index contributed by atoms with van der Waals surface area (Å²) in [5.74, 6) is 0.145. The number of nitrogens with zero attached hydrogens (tertiary/aromatic N) is 1. The van der Waals surface area contributed by atoms with Crippen LogP contribution in [0.4, 0.5) is 0 Å². The second-order valence-electron chi connectivity index (χ2n) is 3.30. The van der Waals surface area contributed by atoms with Crippen molar-refractivity contribution in [3.8, 4) is 0 Å². The maximum atomic E-state index is 11.2. The van der Waals surface area contributed by atoms with Crippen LogP contribution in [0.2, 0.25) is 0 Å². The molecule has 0 fully saturated rings. The summed E-state index contributed by atoms with van der Waals surface area (Å²) in [6.45, 7) is 7.70. The third-order valence-electron chi connectivity index (χ3n) is 2.63. The molecule has 1 heterocycles. The smallest absolute Gasteiger partial charge is 0.176 e. The molecule has 0 aliphatic rings. The van der Waals surface area contributed by atoms with E-state index in [9.17, 15) is 4.79 Å². The lowest BCUT2D eigenvalue weighted by Crippen LogP contribution is -2.03.